The average molecular weight is 242 g/mol. The van der Waals surface area contributed by atoms with Crippen LogP contribution >= 0.6 is 0 Å². The van der Waals surface area contributed by atoms with Gasteiger partial charge in [-0.05, 0) is 20.0 Å². The molecule has 1 amide bonds. The maximum atomic E-state index is 11.9. The minimum atomic E-state index is -0.0806. The van der Waals surface area contributed by atoms with E-state index in [9.17, 15) is 4.79 Å². The number of rotatable bonds is 6. The van der Waals surface area contributed by atoms with Crippen LogP contribution in [-0.4, -0.2) is 62.2 Å². The van der Waals surface area contributed by atoms with Gasteiger partial charge in [0.15, 0.2) is 0 Å². The number of amides is 1. The molecule has 2 atom stereocenters. The first-order valence-electron chi connectivity index (χ1n) is 6.64. The van der Waals surface area contributed by atoms with Crippen LogP contribution in [0.25, 0.3) is 0 Å². The van der Waals surface area contributed by atoms with Crippen LogP contribution in [-0.2, 0) is 4.79 Å². The van der Waals surface area contributed by atoms with Crippen molar-refractivity contribution >= 4 is 5.91 Å². The Morgan fingerprint density at radius 1 is 1.41 bits per heavy atom. The molecule has 5 nitrogen and oxygen atoms in total. The number of carbonyl (C=O) groups excluding carboxylic acids is 1. The molecule has 0 aromatic carbocycles. The van der Waals surface area contributed by atoms with Crippen LogP contribution in [0.15, 0.2) is 0 Å². The summed E-state index contributed by atoms with van der Waals surface area (Å²) in [6, 6.07) is 0.119. The lowest BCUT2D eigenvalue weighted by Crippen LogP contribution is -2.57. The summed E-state index contributed by atoms with van der Waals surface area (Å²) in [6.45, 7) is 11.9. The van der Waals surface area contributed by atoms with E-state index in [0.717, 1.165) is 39.3 Å². The quantitative estimate of drug-likeness (QED) is 0.582. The molecule has 0 saturated carbocycles. The van der Waals surface area contributed by atoms with E-state index in [1.54, 1.807) is 0 Å². The predicted octanol–water partition coefficient (Wildman–Crippen LogP) is -0.606. The van der Waals surface area contributed by atoms with Crippen LogP contribution in [0.2, 0.25) is 0 Å². The molecule has 1 heterocycles. The van der Waals surface area contributed by atoms with Crippen molar-refractivity contribution in [1.29, 1.82) is 0 Å². The van der Waals surface area contributed by atoms with E-state index in [1.807, 2.05) is 0 Å². The molecule has 0 aromatic rings. The van der Waals surface area contributed by atoms with Gasteiger partial charge >= 0.3 is 0 Å². The Bertz CT molecular complexity index is 225. The highest BCUT2D eigenvalue weighted by Gasteiger charge is 2.21. The van der Waals surface area contributed by atoms with E-state index in [-0.39, 0.29) is 18.0 Å². The number of hydrogen-bond donors (Lipinski definition) is 3. The second-order valence-corrected chi connectivity index (χ2v) is 4.61. The van der Waals surface area contributed by atoms with Gasteiger partial charge in [0.2, 0.25) is 5.91 Å². The highest BCUT2D eigenvalue weighted by molar-refractivity contribution is 5.82. The Kier molecular flexibility index (Phi) is 6.47. The van der Waals surface area contributed by atoms with Crippen molar-refractivity contribution in [2.24, 2.45) is 0 Å². The molecule has 0 radical (unpaired) electrons. The standard InChI is InChI=1S/C12H26N4O/c1-4-16(5-2)9-10(3)15-12(17)11-8-13-6-7-14-11/h10-11,13-14H,4-9H2,1-3H3,(H,15,17). The fourth-order valence-corrected chi connectivity index (χ4v) is 2.10. The lowest BCUT2D eigenvalue weighted by molar-refractivity contribution is -0.124. The summed E-state index contributed by atoms with van der Waals surface area (Å²) < 4.78 is 0. The zero-order valence-electron chi connectivity index (χ0n) is 11.3. The van der Waals surface area contributed by atoms with Crippen molar-refractivity contribution in [3.8, 4) is 0 Å². The van der Waals surface area contributed by atoms with E-state index in [2.05, 4.69) is 41.6 Å². The molecule has 17 heavy (non-hydrogen) atoms. The van der Waals surface area contributed by atoms with Crippen molar-refractivity contribution in [2.75, 3.05) is 39.3 Å². The zero-order chi connectivity index (χ0) is 12.7. The van der Waals surface area contributed by atoms with Crippen molar-refractivity contribution in [1.82, 2.24) is 20.9 Å². The minimum Gasteiger partial charge on any atom is -0.351 e. The van der Waals surface area contributed by atoms with Gasteiger partial charge in [0.05, 0.1) is 6.04 Å². The van der Waals surface area contributed by atoms with Crippen LogP contribution in [0.5, 0.6) is 0 Å². The number of nitrogens with zero attached hydrogens (tertiary/aromatic N) is 1. The van der Waals surface area contributed by atoms with Gasteiger partial charge in [0.25, 0.3) is 0 Å². The summed E-state index contributed by atoms with van der Waals surface area (Å²) in [5.41, 5.74) is 0. The third-order valence-electron chi connectivity index (χ3n) is 3.17. The molecule has 3 N–H and O–H groups in total. The third-order valence-corrected chi connectivity index (χ3v) is 3.17. The molecule has 1 aliphatic heterocycles. The van der Waals surface area contributed by atoms with Gasteiger partial charge in [0.1, 0.15) is 0 Å². The Hall–Kier alpha value is -0.650. The lowest BCUT2D eigenvalue weighted by atomic mass is 10.2. The Morgan fingerprint density at radius 2 is 2.12 bits per heavy atom. The number of carbonyl (C=O) groups is 1. The first-order chi connectivity index (χ1) is 8.17. The third kappa shape index (κ3) is 5.02. The number of piperazine rings is 1. The SMILES string of the molecule is CCN(CC)CC(C)NC(=O)C1CNCCN1. The molecular weight excluding hydrogens is 216 g/mol. The Labute approximate surface area is 104 Å². The van der Waals surface area contributed by atoms with Gasteiger partial charge in [-0.3, -0.25) is 4.79 Å². The molecule has 100 valence electrons. The van der Waals surface area contributed by atoms with Crippen LogP contribution in [0.3, 0.4) is 0 Å². The molecule has 1 fully saturated rings. The average Bonchev–Trinajstić information content (AvgIpc) is 2.37. The summed E-state index contributed by atoms with van der Waals surface area (Å²) >= 11 is 0. The molecule has 0 bridgehead atoms. The van der Waals surface area contributed by atoms with Gasteiger partial charge in [0, 0.05) is 32.2 Å². The first-order valence-corrected chi connectivity index (χ1v) is 6.64. The van der Waals surface area contributed by atoms with Crippen molar-refractivity contribution in [3.63, 3.8) is 0 Å². The largest absolute Gasteiger partial charge is 0.351 e. The van der Waals surface area contributed by atoms with Crippen LogP contribution in [0.4, 0.5) is 0 Å². The molecular formula is C12H26N4O. The van der Waals surface area contributed by atoms with Gasteiger partial charge in [-0.1, -0.05) is 13.8 Å². The predicted molar refractivity (Wildman–Crippen MR) is 70.1 cm³/mol. The van der Waals surface area contributed by atoms with E-state index in [4.69, 9.17) is 0 Å². The number of nitrogens with one attached hydrogen (secondary N) is 3. The molecule has 0 aromatic heterocycles. The van der Waals surface area contributed by atoms with E-state index < -0.39 is 0 Å². The second kappa shape index (κ2) is 7.63. The Balaban J connectivity index is 2.29. The first kappa shape index (κ1) is 14.4. The fourth-order valence-electron chi connectivity index (χ4n) is 2.10. The maximum absolute atomic E-state index is 11.9. The summed E-state index contributed by atoms with van der Waals surface area (Å²) in [5, 5.41) is 9.50. The van der Waals surface area contributed by atoms with Crippen LogP contribution in [0.1, 0.15) is 20.8 Å². The zero-order valence-corrected chi connectivity index (χ0v) is 11.3. The van der Waals surface area contributed by atoms with Crippen molar-refractivity contribution in [3.05, 3.63) is 0 Å². The highest BCUT2D eigenvalue weighted by Crippen LogP contribution is 1.94. The van der Waals surface area contributed by atoms with Gasteiger partial charge in [-0.25, -0.2) is 0 Å². The molecule has 1 aliphatic rings. The van der Waals surface area contributed by atoms with Crippen molar-refractivity contribution in [2.45, 2.75) is 32.9 Å². The fraction of sp³-hybridized carbons (Fsp3) is 0.917. The normalized spacial score (nSPS) is 22.5. The molecule has 0 spiro atoms. The van der Waals surface area contributed by atoms with Gasteiger partial charge in [-0.15, -0.1) is 0 Å². The Morgan fingerprint density at radius 3 is 2.65 bits per heavy atom. The van der Waals surface area contributed by atoms with Crippen molar-refractivity contribution < 1.29 is 4.79 Å². The number of hydrogen-bond acceptors (Lipinski definition) is 4. The molecule has 1 saturated heterocycles. The highest BCUT2D eigenvalue weighted by atomic mass is 16.2. The molecule has 2 unspecified atom stereocenters. The van der Waals surface area contributed by atoms with Crippen LogP contribution < -0.4 is 16.0 Å². The lowest BCUT2D eigenvalue weighted by Gasteiger charge is -2.27. The summed E-state index contributed by atoms with van der Waals surface area (Å²) in [5.74, 6) is 0.108. The molecule has 5 heteroatoms. The van der Waals surface area contributed by atoms with Gasteiger partial charge in [-0.2, -0.15) is 0 Å². The topological polar surface area (TPSA) is 56.4 Å². The van der Waals surface area contributed by atoms with E-state index in [1.165, 1.54) is 0 Å². The van der Waals surface area contributed by atoms with Gasteiger partial charge < -0.3 is 20.9 Å². The summed E-state index contributed by atoms with van der Waals surface area (Å²) in [6.07, 6.45) is 0. The maximum Gasteiger partial charge on any atom is 0.238 e. The summed E-state index contributed by atoms with van der Waals surface area (Å²) in [4.78, 5) is 14.3. The minimum absolute atomic E-state index is 0.0806. The second-order valence-electron chi connectivity index (χ2n) is 4.61. The monoisotopic (exact) mass is 242 g/mol. The van der Waals surface area contributed by atoms with E-state index >= 15 is 0 Å². The number of likely N-dealkylation sites (N-methyl/N-ethyl adjacent to an activating group) is 1. The van der Waals surface area contributed by atoms with E-state index in [0.29, 0.717) is 0 Å². The molecule has 1 rings (SSSR count). The molecule has 0 aliphatic carbocycles. The summed E-state index contributed by atoms with van der Waals surface area (Å²) in [7, 11) is 0. The van der Waals surface area contributed by atoms with Crippen LogP contribution in [0, 0.1) is 0 Å². The smallest absolute Gasteiger partial charge is 0.238 e.